The summed E-state index contributed by atoms with van der Waals surface area (Å²) in [6.07, 6.45) is 1.73. The number of hydrogen-bond donors (Lipinski definition) is 2. The lowest BCUT2D eigenvalue weighted by molar-refractivity contribution is 0.0756. The SMILES string of the molecule is CN(CC1CCNCC1)C(=O)c1ccc(-c2ccc3c(c2)COC(=O)N3)nn1. The number of carbonyl (C=O) groups is 2. The molecule has 8 nitrogen and oxygen atoms in total. The van der Waals surface area contributed by atoms with Gasteiger partial charge in [-0.05, 0) is 56.1 Å². The second-order valence-electron chi connectivity index (χ2n) is 7.26. The number of hydrogen-bond acceptors (Lipinski definition) is 6. The van der Waals surface area contributed by atoms with Gasteiger partial charge in [-0.15, -0.1) is 10.2 Å². The van der Waals surface area contributed by atoms with Crippen molar-refractivity contribution in [3.05, 3.63) is 41.6 Å². The Hall–Kier alpha value is -3.00. The Kier molecular flexibility index (Phi) is 5.21. The summed E-state index contributed by atoms with van der Waals surface area (Å²) in [6.45, 7) is 2.98. The van der Waals surface area contributed by atoms with Crippen LogP contribution in [0.3, 0.4) is 0 Å². The van der Waals surface area contributed by atoms with E-state index in [0.717, 1.165) is 49.3 Å². The number of ether oxygens (including phenoxy) is 1. The first-order chi connectivity index (χ1) is 13.6. The first-order valence-electron chi connectivity index (χ1n) is 9.47. The minimum atomic E-state index is -0.448. The predicted octanol–water partition coefficient (Wildman–Crippen LogP) is 2.28. The van der Waals surface area contributed by atoms with E-state index in [-0.39, 0.29) is 12.5 Å². The first-order valence-corrected chi connectivity index (χ1v) is 9.47. The number of fused-ring (bicyclic) bond motifs is 1. The highest BCUT2D eigenvalue weighted by atomic mass is 16.5. The topological polar surface area (TPSA) is 96.5 Å². The summed E-state index contributed by atoms with van der Waals surface area (Å²) in [5.41, 5.74) is 3.47. The molecule has 2 N–H and O–H groups in total. The van der Waals surface area contributed by atoms with E-state index in [1.165, 1.54) is 0 Å². The van der Waals surface area contributed by atoms with Gasteiger partial charge < -0.3 is 15.0 Å². The van der Waals surface area contributed by atoms with Gasteiger partial charge in [-0.1, -0.05) is 6.07 Å². The van der Waals surface area contributed by atoms with Crippen LogP contribution in [0.15, 0.2) is 30.3 Å². The lowest BCUT2D eigenvalue weighted by Gasteiger charge is -2.27. The molecule has 8 heteroatoms. The Morgan fingerprint density at radius 3 is 2.79 bits per heavy atom. The number of nitrogens with zero attached hydrogens (tertiary/aromatic N) is 3. The number of rotatable bonds is 4. The van der Waals surface area contributed by atoms with Gasteiger partial charge in [-0.2, -0.15) is 0 Å². The van der Waals surface area contributed by atoms with Crippen molar-refractivity contribution in [3.8, 4) is 11.3 Å². The number of anilines is 1. The van der Waals surface area contributed by atoms with Crippen molar-refractivity contribution in [2.24, 2.45) is 5.92 Å². The van der Waals surface area contributed by atoms with Crippen molar-refractivity contribution in [1.29, 1.82) is 0 Å². The molecular weight excluding hydrogens is 358 g/mol. The molecule has 146 valence electrons. The zero-order valence-electron chi connectivity index (χ0n) is 15.8. The molecule has 3 heterocycles. The number of benzene rings is 1. The van der Waals surface area contributed by atoms with E-state index in [9.17, 15) is 9.59 Å². The molecule has 1 aromatic heterocycles. The predicted molar refractivity (Wildman–Crippen MR) is 104 cm³/mol. The van der Waals surface area contributed by atoms with Crippen molar-refractivity contribution in [2.75, 3.05) is 32.0 Å². The lowest BCUT2D eigenvalue weighted by Crippen LogP contribution is -2.37. The van der Waals surface area contributed by atoms with Crippen LogP contribution >= 0.6 is 0 Å². The van der Waals surface area contributed by atoms with Gasteiger partial charge in [-0.3, -0.25) is 10.1 Å². The molecule has 2 aromatic rings. The number of amides is 2. The minimum absolute atomic E-state index is 0.112. The highest BCUT2D eigenvalue weighted by Crippen LogP contribution is 2.27. The highest BCUT2D eigenvalue weighted by molar-refractivity contribution is 5.92. The molecule has 4 rings (SSSR count). The van der Waals surface area contributed by atoms with Gasteiger partial charge >= 0.3 is 6.09 Å². The first kappa shape index (κ1) is 18.4. The van der Waals surface area contributed by atoms with Crippen molar-refractivity contribution < 1.29 is 14.3 Å². The molecule has 2 aliphatic rings. The average Bonchev–Trinajstić information content (AvgIpc) is 2.73. The van der Waals surface area contributed by atoms with Crippen LogP contribution in [0, 0.1) is 5.92 Å². The smallest absolute Gasteiger partial charge is 0.411 e. The number of aromatic nitrogens is 2. The fourth-order valence-corrected chi connectivity index (χ4v) is 3.61. The fourth-order valence-electron chi connectivity index (χ4n) is 3.61. The third-order valence-electron chi connectivity index (χ3n) is 5.22. The number of piperidine rings is 1. The molecule has 0 atom stereocenters. The molecule has 0 aliphatic carbocycles. The second kappa shape index (κ2) is 7.93. The van der Waals surface area contributed by atoms with Crippen LogP contribution in [-0.2, 0) is 11.3 Å². The van der Waals surface area contributed by atoms with Gasteiger partial charge in [0.25, 0.3) is 5.91 Å². The molecule has 1 aromatic carbocycles. The van der Waals surface area contributed by atoms with Crippen molar-refractivity contribution in [1.82, 2.24) is 20.4 Å². The maximum Gasteiger partial charge on any atom is 0.411 e. The average molecular weight is 381 g/mol. The fraction of sp³-hybridized carbons (Fsp3) is 0.400. The Morgan fingerprint density at radius 2 is 2.04 bits per heavy atom. The second-order valence-corrected chi connectivity index (χ2v) is 7.26. The molecule has 1 saturated heterocycles. The summed E-state index contributed by atoms with van der Waals surface area (Å²) in [5, 5.41) is 14.4. The summed E-state index contributed by atoms with van der Waals surface area (Å²) in [6, 6.07) is 9.09. The Bertz CT molecular complexity index is 878. The summed E-state index contributed by atoms with van der Waals surface area (Å²) >= 11 is 0. The van der Waals surface area contributed by atoms with Crippen LogP contribution in [0.4, 0.5) is 10.5 Å². The Balaban J connectivity index is 1.44. The molecule has 0 unspecified atom stereocenters. The molecule has 2 amide bonds. The summed E-state index contributed by atoms with van der Waals surface area (Å²) < 4.78 is 4.99. The minimum Gasteiger partial charge on any atom is -0.444 e. The zero-order chi connectivity index (χ0) is 19.5. The van der Waals surface area contributed by atoms with Gasteiger partial charge in [0.1, 0.15) is 6.61 Å². The van der Waals surface area contributed by atoms with E-state index in [1.54, 1.807) is 17.0 Å². The third kappa shape index (κ3) is 3.96. The lowest BCUT2D eigenvalue weighted by atomic mass is 9.97. The van der Waals surface area contributed by atoms with Crippen molar-refractivity contribution >= 4 is 17.7 Å². The Labute approximate surface area is 163 Å². The van der Waals surface area contributed by atoms with Gasteiger partial charge in [0, 0.05) is 24.7 Å². The van der Waals surface area contributed by atoms with Crippen LogP contribution in [0.2, 0.25) is 0 Å². The Morgan fingerprint density at radius 1 is 1.21 bits per heavy atom. The molecule has 2 aliphatic heterocycles. The summed E-state index contributed by atoms with van der Waals surface area (Å²) in [7, 11) is 1.82. The van der Waals surface area contributed by atoms with Crippen LogP contribution in [0.25, 0.3) is 11.3 Å². The van der Waals surface area contributed by atoms with Gasteiger partial charge in [0.15, 0.2) is 5.69 Å². The number of cyclic esters (lactones) is 1. The number of carbonyl (C=O) groups excluding carboxylic acids is 2. The molecule has 1 fully saturated rings. The van der Waals surface area contributed by atoms with Gasteiger partial charge in [-0.25, -0.2) is 4.79 Å². The molecule has 0 spiro atoms. The van der Waals surface area contributed by atoms with Crippen LogP contribution < -0.4 is 10.6 Å². The normalized spacial score (nSPS) is 16.7. The maximum atomic E-state index is 12.6. The van der Waals surface area contributed by atoms with Crippen molar-refractivity contribution in [3.63, 3.8) is 0 Å². The quantitative estimate of drug-likeness (QED) is 0.843. The molecule has 0 radical (unpaired) electrons. The molecule has 0 bridgehead atoms. The van der Waals surface area contributed by atoms with E-state index >= 15 is 0 Å². The van der Waals surface area contributed by atoms with E-state index in [2.05, 4.69) is 20.8 Å². The van der Waals surface area contributed by atoms with Crippen molar-refractivity contribution in [2.45, 2.75) is 19.4 Å². The summed E-state index contributed by atoms with van der Waals surface area (Å²) in [4.78, 5) is 25.6. The maximum absolute atomic E-state index is 12.6. The van der Waals surface area contributed by atoms with E-state index < -0.39 is 6.09 Å². The monoisotopic (exact) mass is 381 g/mol. The largest absolute Gasteiger partial charge is 0.444 e. The number of nitrogens with one attached hydrogen (secondary N) is 2. The van der Waals surface area contributed by atoms with Crippen LogP contribution in [0.1, 0.15) is 28.9 Å². The van der Waals surface area contributed by atoms with Crippen LogP contribution in [-0.4, -0.2) is 53.8 Å². The van der Waals surface area contributed by atoms with Gasteiger partial charge in [0.2, 0.25) is 0 Å². The third-order valence-corrected chi connectivity index (χ3v) is 5.22. The van der Waals surface area contributed by atoms with E-state index in [1.807, 2.05) is 25.2 Å². The van der Waals surface area contributed by atoms with E-state index in [4.69, 9.17) is 4.74 Å². The molecule has 28 heavy (non-hydrogen) atoms. The summed E-state index contributed by atoms with van der Waals surface area (Å²) in [5.74, 6) is 0.416. The standard InChI is InChI=1S/C20H23N5O3/c1-25(11-13-6-8-21-9-7-13)19(26)18-5-4-17(23-24-18)14-2-3-16-15(10-14)12-28-20(27)22-16/h2-5,10,13,21H,6-9,11-12H2,1H3,(H,22,27). The van der Waals surface area contributed by atoms with Gasteiger partial charge in [0.05, 0.1) is 11.4 Å². The van der Waals surface area contributed by atoms with Crippen LogP contribution in [0.5, 0.6) is 0 Å². The molecular formula is C20H23N5O3. The highest BCUT2D eigenvalue weighted by Gasteiger charge is 2.21. The van der Waals surface area contributed by atoms with E-state index in [0.29, 0.717) is 17.3 Å². The zero-order valence-corrected chi connectivity index (χ0v) is 15.8. The molecule has 0 saturated carbocycles.